The van der Waals surface area contributed by atoms with Crippen molar-refractivity contribution in [1.29, 1.82) is 0 Å². The standard InChI is InChI=1S/C56H78N4O13/c1-11-55(37-65-29-33-70-51(61)43-13-21-47(22-14-43)57(3)4,38-66-30-34-71-52(62)44-15-23-48(24-16-44)58(5)6)41-69-42-56(12-2,39-67-31-35-72-53(63)45-17-25-49(26-18-45)59(7)8)40-68-32-36-73-54(64)46-19-27-50(28-20-46)60(9)10/h13-28H,11-12,29-42H2,1-10H3. The van der Waals surface area contributed by atoms with E-state index in [1.807, 2.05) is 138 Å². The van der Waals surface area contributed by atoms with E-state index >= 15 is 0 Å². The first-order valence-corrected chi connectivity index (χ1v) is 24.7. The van der Waals surface area contributed by atoms with Crippen LogP contribution < -0.4 is 19.6 Å². The fourth-order valence-electron chi connectivity index (χ4n) is 7.19. The van der Waals surface area contributed by atoms with E-state index in [1.165, 1.54) is 0 Å². The molecule has 0 atom stereocenters. The maximum absolute atomic E-state index is 12.8. The summed E-state index contributed by atoms with van der Waals surface area (Å²) in [6.45, 7) is 5.90. The van der Waals surface area contributed by atoms with E-state index in [-0.39, 0.29) is 92.5 Å². The van der Waals surface area contributed by atoms with E-state index in [0.717, 1.165) is 22.7 Å². The Balaban J connectivity index is 1.39. The molecule has 0 aromatic heterocycles. The van der Waals surface area contributed by atoms with Crippen LogP contribution >= 0.6 is 0 Å². The Labute approximate surface area is 432 Å². The SMILES string of the molecule is CCC(COCCOC(=O)c1ccc(N(C)C)cc1)(COCCOC(=O)c1ccc(N(C)C)cc1)COCC(CC)(COCCOC(=O)c1ccc(N(C)C)cc1)COCCOC(=O)c1ccc(N(C)C)cc1. The normalized spacial score (nSPS) is 11.4. The van der Waals surface area contributed by atoms with Crippen molar-refractivity contribution in [2.45, 2.75) is 26.7 Å². The quantitative estimate of drug-likeness (QED) is 0.0256. The minimum absolute atomic E-state index is 0.0327. The summed E-state index contributed by atoms with van der Waals surface area (Å²) in [5, 5.41) is 0. The molecule has 0 saturated heterocycles. The number of ether oxygens (including phenoxy) is 9. The number of esters is 4. The monoisotopic (exact) mass is 1010 g/mol. The molecule has 0 amide bonds. The Morgan fingerprint density at radius 2 is 0.507 bits per heavy atom. The largest absolute Gasteiger partial charge is 0.460 e. The highest BCUT2D eigenvalue weighted by molar-refractivity contribution is 5.91. The lowest BCUT2D eigenvalue weighted by molar-refractivity contribution is -0.116. The second-order valence-electron chi connectivity index (χ2n) is 18.7. The van der Waals surface area contributed by atoms with Crippen LogP contribution in [0.5, 0.6) is 0 Å². The maximum atomic E-state index is 12.8. The fraction of sp³-hybridized carbons (Fsp3) is 0.500. The number of rotatable bonds is 34. The molecule has 0 heterocycles. The van der Waals surface area contributed by atoms with Crippen molar-refractivity contribution in [2.24, 2.45) is 10.8 Å². The number of carbonyl (C=O) groups excluding carboxylic acids is 4. The smallest absolute Gasteiger partial charge is 0.338 e. The molecule has 0 unspecified atom stereocenters. The zero-order valence-electron chi connectivity index (χ0n) is 44.6. The zero-order valence-corrected chi connectivity index (χ0v) is 44.6. The Hall–Kier alpha value is -6.24. The van der Waals surface area contributed by atoms with Crippen molar-refractivity contribution in [3.8, 4) is 0 Å². The first-order chi connectivity index (χ1) is 35.0. The van der Waals surface area contributed by atoms with Crippen LogP contribution in [0.1, 0.15) is 68.1 Å². The molecular formula is C56H78N4O13. The van der Waals surface area contributed by atoms with Crippen LogP contribution in [0.25, 0.3) is 0 Å². The van der Waals surface area contributed by atoms with Crippen molar-refractivity contribution in [3.63, 3.8) is 0 Å². The van der Waals surface area contributed by atoms with E-state index in [1.54, 1.807) is 48.5 Å². The second-order valence-corrected chi connectivity index (χ2v) is 18.7. The molecule has 0 saturated carbocycles. The topological polar surface area (TPSA) is 164 Å². The van der Waals surface area contributed by atoms with Gasteiger partial charge >= 0.3 is 23.9 Å². The van der Waals surface area contributed by atoms with Crippen LogP contribution in [0.3, 0.4) is 0 Å². The molecule has 0 aliphatic rings. The van der Waals surface area contributed by atoms with Crippen molar-refractivity contribution in [3.05, 3.63) is 119 Å². The molecule has 0 spiro atoms. The number of carbonyl (C=O) groups is 4. The minimum Gasteiger partial charge on any atom is -0.460 e. The van der Waals surface area contributed by atoms with Crippen LogP contribution in [-0.4, -0.2) is 173 Å². The van der Waals surface area contributed by atoms with Crippen molar-refractivity contribution >= 4 is 46.6 Å². The Morgan fingerprint density at radius 1 is 0.315 bits per heavy atom. The average Bonchev–Trinajstić information content (AvgIpc) is 3.39. The predicted molar refractivity (Wildman–Crippen MR) is 284 cm³/mol. The van der Waals surface area contributed by atoms with Crippen molar-refractivity contribution < 1.29 is 61.8 Å². The summed E-state index contributed by atoms with van der Waals surface area (Å²) >= 11 is 0. The van der Waals surface area contributed by atoms with E-state index in [2.05, 4.69) is 0 Å². The summed E-state index contributed by atoms with van der Waals surface area (Å²) in [6, 6.07) is 28.6. The van der Waals surface area contributed by atoms with Gasteiger partial charge in [0.15, 0.2) is 0 Å². The van der Waals surface area contributed by atoms with Gasteiger partial charge in [-0.15, -0.1) is 0 Å². The highest BCUT2D eigenvalue weighted by atomic mass is 16.6. The summed E-state index contributed by atoms with van der Waals surface area (Å²) in [4.78, 5) is 59.0. The summed E-state index contributed by atoms with van der Waals surface area (Å²) in [5.41, 5.74) is 4.27. The van der Waals surface area contributed by atoms with Gasteiger partial charge in [-0.05, 0) is 110 Å². The molecular weight excluding hydrogens is 937 g/mol. The lowest BCUT2D eigenvalue weighted by atomic mass is 9.86. The van der Waals surface area contributed by atoms with Gasteiger partial charge in [-0.2, -0.15) is 0 Å². The number of nitrogens with zero attached hydrogens (tertiary/aromatic N) is 4. The summed E-state index contributed by atoms with van der Waals surface area (Å²) in [7, 11) is 15.4. The predicted octanol–water partition coefficient (Wildman–Crippen LogP) is 7.55. The van der Waals surface area contributed by atoms with Gasteiger partial charge in [0.25, 0.3) is 0 Å². The van der Waals surface area contributed by atoms with E-state index in [9.17, 15) is 19.2 Å². The molecule has 4 rings (SSSR count). The second kappa shape index (κ2) is 30.7. The summed E-state index contributed by atoms with van der Waals surface area (Å²) < 4.78 is 53.4. The molecule has 0 bridgehead atoms. The van der Waals surface area contributed by atoms with Crippen LogP contribution in [-0.2, 0) is 42.6 Å². The average molecular weight is 1020 g/mol. The van der Waals surface area contributed by atoms with Gasteiger partial charge in [0, 0.05) is 90.0 Å². The molecule has 17 nitrogen and oxygen atoms in total. The van der Waals surface area contributed by atoms with Crippen LogP contribution in [0.2, 0.25) is 0 Å². The van der Waals surface area contributed by atoms with Gasteiger partial charge in [-0.25, -0.2) is 19.2 Å². The number of anilines is 4. The lowest BCUT2D eigenvalue weighted by Crippen LogP contribution is -2.42. The third kappa shape index (κ3) is 19.9. The number of benzene rings is 4. The third-order valence-corrected chi connectivity index (χ3v) is 12.3. The molecule has 0 N–H and O–H groups in total. The van der Waals surface area contributed by atoms with Gasteiger partial charge in [-0.1, -0.05) is 13.8 Å². The van der Waals surface area contributed by atoms with E-state index < -0.39 is 34.7 Å². The van der Waals surface area contributed by atoms with Crippen LogP contribution in [0, 0.1) is 10.8 Å². The van der Waals surface area contributed by atoms with E-state index in [4.69, 9.17) is 42.6 Å². The first-order valence-electron chi connectivity index (χ1n) is 24.7. The third-order valence-electron chi connectivity index (χ3n) is 12.3. The molecule has 400 valence electrons. The molecule has 0 fully saturated rings. The summed E-state index contributed by atoms with van der Waals surface area (Å²) in [6.07, 6.45) is 1.17. The van der Waals surface area contributed by atoms with Crippen molar-refractivity contribution in [1.82, 2.24) is 0 Å². The Kier molecular flexibility index (Phi) is 25.0. The van der Waals surface area contributed by atoms with Gasteiger partial charge in [0.1, 0.15) is 26.4 Å². The maximum Gasteiger partial charge on any atom is 0.338 e. The molecule has 73 heavy (non-hydrogen) atoms. The highest BCUT2D eigenvalue weighted by Crippen LogP contribution is 2.29. The Bertz CT molecular complexity index is 1950. The van der Waals surface area contributed by atoms with E-state index in [0.29, 0.717) is 35.1 Å². The molecule has 0 aliphatic heterocycles. The summed E-state index contributed by atoms with van der Waals surface area (Å²) in [5.74, 6) is -1.81. The van der Waals surface area contributed by atoms with Crippen LogP contribution in [0.4, 0.5) is 22.7 Å². The molecule has 0 aliphatic carbocycles. The Morgan fingerprint density at radius 3 is 0.685 bits per heavy atom. The van der Waals surface area contributed by atoms with Crippen molar-refractivity contribution in [2.75, 3.05) is 168 Å². The van der Waals surface area contributed by atoms with Crippen LogP contribution in [0.15, 0.2) is 97.1 Å². The molecule has 4 aromatic carbocycles. The minimum atomic E-state index is -0.670. The molecule has 0 radical (unpaired) electrons. The number of hydrogen-bond acceptors (Lipinski definition) is 17. The fourth-order valence-corrected chi connectivity index (χ4v) is 7.19. The van der Waals surface area contributed by atoms with Gasteiger partial charge in [0.05, 0.1) is 88.3 Å². The van der Waals surface area contributed by atoms with Gasteiger partial charge in [-0.3, -0.25) is 0 Å². The highest BCUT2D eigenvalue weighted by Gasteiger charge is 2.34. The van der Waals surface area contributed by atoms with Gasteiger partial charge in [0.2, 0.25) is 0 Å². The first kappa shape index (κ1) is 59.3. The zero-order chi connectivity index (χ0) is 53.2. The van der Waals surface area contributed by atoms with Gasteiger partial charge < -0.3 is 62.2 Å². The molecule has 4 aromatic rings. The lowest BCUT2D eigenvalue weighted by Gasteiger charge is -2.36. The molecule has 17 heteroatoms. The number of hydrogen-bond donors (Lipinski definition) is 0.